The fourth-order valence-electron chi connectivity index (χ4n) is 3.92. The number of para-hydroxylation sites is 1. The highest BCUT2D eigenvalue weighted by Gasteiger charge is 2.35. The summed E-state index contributed by atoms with van der Waals surface area (Å²) < 4.78 is 5.29. The van der Waals surface area contributed by atoms with Crippen LogP contribution in [0.2, 0.25) is 0 Å². The Balaban J connectivity index is 1.65. The minimum Gasteiger partial charge on any atom is -0.449 e. The van der Waals surface area contributed by atoms with Crippen LogP contribution < -0.4 is 4.90 Å². The van der Waals surface area contributed by atoms with Gasteiger partial charge in [0, 0.05) is 25.3 Å². The second-order valence-corrected chi connectivity index (χ2v) is 7.45. The number of aliphatic hydroxyl groups is 1. The molecule has 150 valence electrons. The molecule has 5 nitrogen and oxygen atoms in total. The average molecular weight is 383 g/mol. The van der Waals surface area contributed by atoms with E-state index in [-0.39, 0.29) is 12.1 Å². The molecule has 1 aliphatic heterocycles. The van der Waals surface area contributed by atoms with E-state index in [0.29, 0.717) is 19.4 Å². The SMILES string of the molecule is CCOC(=O)N(c1ccccc1)C(C)CN1CCC(O)(c2ccccc2)CC1. The smallest absolute Gasteiger partial charge is 0.414 e. The van der Waals surface area contributed by atoms with Gasteiger partial charge in [0.2, 0.25) is 0 Å². The maximum atomic E-state index is 12.6. The number of amides is 1. The molecule has 1 fully saturated rings. The lowest BCUT2D eigenvalue weighted by Crippen LogP contribution is -2.50. The highest BCUT2D eigenvalue weighted by atomic mass is 16.6. The van der Waals surface area contributed by atoms with E-state index in [2.05, 4.69) is 4.90 Å². The number of piperidine rings is 1. The number of likely N-dealkylation sites (tertiary alicyclic amines) is 1. The molecule has 2 aromatic rings. The van der Waals surface area contributed by atoms with E-state index in [1.54, 1.807) is 4.90 Å². The lowest BCUT2D eigenvalue weighted by atomic mass is 9.84. The van der Waals surface area contributed by atoms with Crippen LogP contribution >= 0.6 is 0 Å². The summed E-state index contributed by atoms with van der Waals surface area (Å²) in [5.41, 5.74) is 1.06. The molecule has 1 unspecified atom stereocenters. The molecule has 1 saturated heterocycles. The third-order valence-corrected chi connectivity index (χ3v) is 5.46. The zero-order chi connectivity index (χ0) is 20.0. The zero-order valence-electron chi connectivity index (χ0n) is 16.8. The number of carbonyl (C=O) groups excluding carboxylic acids is 1. The summed E-state index contributed by atoms with van der Waals surface area (Å²) in [4.78, 5) is 16.6. The summed E-state index contributed by atoms with van der Waals surface area (Å²) in [6.45, 7) is 6.53. The van der Waals surface area contributed by atoms with Crippen LogP contribution in [0.25, 0.3) is 0 Å². The molecule has 1 N–H and O–H groups in total. The van der Waals surface area contributed by atoms with E-state index in [4.69, 9.17) is 4.74 Å². The maximum absolute atomic E-state index is 12.6. The first-order chi connectivity index (χ1) is 13.5. The predicted octanol–water partition coefficient (Wildman–Crippen LogP) is 4.02. The van der Waals surface area contributed by atoms with Crippen LogP contribution in [-0.4, -0.2) is 48.4 Å². The molecule has 0 aromatic heterocycles. The highest BCUT2D eigenvalue weighted by molar-refractivity contribution is 5.88. The van der Waals surface area contributed by atoms with Crippen molar-refractivity contribution in [2.75, 3.05) is 31.1 Å². The Bertz CT molecular complexity index is 743. The number of nitrogens with zero attached hydrogens (tertiary/aromatic N) is 2. The van der Waals surface area contributed by atoms with Gasteiger partial charge in [0.15, 0.2) is 0 Å². The quantitative estimate of drug-likeness (QED) is 0.820. The standard InChI is InChI=1S/C23H30N2O3/c1-3-28-22(26)25(21-12-8-5-9-13-21)19(2)18-24-16-14-23(27,15-17-24)20-10-6-4-7-11-20/h4-13,19,27H,3,14-18H2,1-2H3. The average Bonchev–Trinajstić information content (AvgIpc) is 2.72. The monoisotopic (exact) mass is 382 g/mol. The number of hydrogen-bond acceptors (Lipinski definition) is 4. The first-order valence-corrected chi connectivity index (χ1v) is 10.0. The van der Waals surface area contributed by atoms with E-state index in [9.17, 15) is 9.90 Å². The van der Waals surface area contributed by atoms with Gasteiger partial charge in [-0.05, 0) is 44.4 Å². The van der Waals surface area contributed by atoms with Crippen LogP contribution in [0.4, 0.5) is 10.5 Å². The molecule has 3 rings (SSSR count). The third-order valence-electron chi connectivity index (χ3n) is 5.46. The molecule has 1 atom stereocenters. The lowest BCUT2D eigenvalue weighted by Gasteiger charge is -2.40. The van der Waals surface area contributed by atoms with Gasteiger partial charge in [-0.25, -0.2) is 4.79 Å². The summed E-state index contributed by atoms with van der Waals surface area (Å²) in [7, 11) is 0. The molecule has 5 heteroatoms. The van der Waals surface area contributed by atoms with Crippen molar-refractivity contribution in [1.29, 1.82) is 0 Å². The molecule has 0 bridgehead atoms. The number of ether oxygens (including phenoxy) is 1. The topological polar surface area (TPSA) is 53.0 Å². The summed E-state index contributed by atoms with van der Waals surface area (Å²) in [6.07, 6.45) is 1.06. The fourth-order valence-corrected chi connectivity index (χ4v) is 3.92. The van der Waals surface area contributed by atoms with Crippen molar-refractivity contribution >= 4 is 11.8 Å². The Kier molecular flexibility index (Phi) is 6.70. The van der Waals surface area contributed by atoms with E-state index >= 15 is 0 Å². The maximum Gasteiger partial charge on any atom is 0.414 e. The summed E-state index contributed by atoms with van der Waals surface area (Å²) in [6, 6.07) is 19.5. The van der Waals surface area contributed by atoms with Gasteiger partial charge in [-0.1, -0.05) is 48.5 Å². The van der Waals surface area contributed by atoms with Gasteiger partial charge < -0.3 is 14.7 Å². The Morgan fingerprint density at radius 2 is 1.68 bits per heavy atom. The van der Waals surface area contributed by atoms with Crippen molar-refractivity contribution in [3.63, 3.8) is 0 Å². The van der Waals surface area contributed by atoms with Crippen molar-refractivity contribution in [3.8, 4) is 0 Å². The van der Waals surface area contributed by atoms with Gasteiger partial charge in [-0.15, -0.1) is 0 Å². The van der Waals surface area contributed by atoms with Crippen LogP contribution in [0.15, 0.2) is 60.7 Å². The van der Waals surface area contributed by atoms with Gasteiger partial charge in [0.25, 0.3) is 0 Å². The van der Waals surface area contributed by atoms with Crippen LogP contribution in [0, 0.1) is 0 Å². The first-order valence-electron chi connectivity index (χ1n) is 10.0. The van der Waals surface area contributed by atoms with Crippen LogP contribution in [0.5, 0.6) is 0 Å². The van der Waals surface area contributed by atoms with Crippen molar-refractivity contribution in [2.24, 2.45) is 0 Å². The fraction of sp³-hybridized carbons (Fsp3) is 0.435. The minimum atomic E-state index is -0.763. The predicted molar refractivity (Wildman–Crippen MR) is 111 cm³/mol. The van der Waals surface area contributed by atoms with Crippen LogP contribution in [0.1, 0.15) is 32.3 Å². The molecular formula is C23H30N2O3. The minimum absolute atomic E-state index is 0.0376. The van der Waals surface area contributed by atoms with E-state index in [1.807, 2.05) is 74.5 Å². The van der Waals surface area contributed by atoms with Crippen molar-refractivity contribution in [2.45, 2.75) is 38.3 Å². The van der Waals surface area contributed by atoms with Gasteiger partial charge in [-0.2, -0.15) is 0 Å². The number of anilines is 1. The van der Waals surface area contributed by atoms with Crippen LogP contribution in [-0.2, 0) is 10.3 Å². The number of carbonyl (C=O) groups is 1. The molecular weight excluding hydrogens is 352 g/mol. The summed E-state index contributed by atoms with van der Waals surface area (Å²) in [5.74, 6) is 0. The highest BCUT2D eigenvalue weighted by Crippen LogP contribution is 2.33. The van der Waals surface area contributed by atoms with Gasteiger partial charge in [0.05, 0.1) is 18.2 Å². The molecule has 0 radical (unpaired) electrons. The Labute approximate surface area is 167 Å². The molecule has 0 aliphatic carbocycles. The second-order valence-electron chi connectivity index (χ2n) is 7.45. The van der Waals surface area contributed by atoms with Gasteiger partial charge >= 0.3 is 6.09 Å². The van der Waals surface area contributed by atoms with Crippen molar-refractivity contribution in [1.82, 2.24) is 4.90 Å². The Morgan fingerprint density at radius 1 is 1.11 bits per heavy atom. The molecule has 1 heterocycles. The molecule has 0 saturated carbocycles. The van der Waals surface area contributed by atoms with Crippen molar-refractivity contribution < 1.29 is 14.6 Å². The molecule has 2 aromatic carbocycles. The van der Waals surface area contributed by atoms with Gasteiger partial charge in [-0.3, -0.25) is 4.90 Å². The molecule has 0 spiro atoms. The normalized spacial score (nSPS) is 17.7. The summed E-state index contributed by atoms with van der Waals surface area (Å²) in [5, 5.41) is 11.0. The Hall–Kier alpha value is -2.37. The van der Waals surface area contributed by atoms with E-state index < -0.39 is 5.60 Å². The molecule has 28 heavy (non-hydrogen) atoms. The lowest BCUT2D eigenvalue weighted by molar-refractivity contribution is -0.0267. The van der Waals surface area contributed by atoms with Crippen molar-refractivity contribution in [3.05, 3.63) is 66.2 Å². The summed E-state index contributed by atoms with van der Waals surface area (Å²) >= 11 is 0. The first kappa shape index (κ1) is 20.4. The number of benzene rings is 2. The molecule has 1 aliphatic rings. The second kappa shape index (κ2) is 9.22. The van der Waals surface area contributed by atoms with E-state index in [0.717, 1.165) is 30.9 Å². The van der Waals surface area contributed by atoms with Crippen LogP contribution in [0.3, 0.4) is 0 Å². The largest absolute Gasteiger partial charge is 0.449 e. The number of hydrogen-bond donors (Lipinski definition) is 1. The Morgan fingerprint density at radius 3 is 2.25 bits per heavy atom. The third kappa shape index (κ3) is 4.72. The number of rotatable bonds is 6. The molecule has 1 amide bonds. The van der Waals surface area contributed by atoms with E-state index in [1.165, 1.54) is 0 Å². The zero-order valence-corrected chi connectivity index (χ0v) is 16.8. The van der Waals surface area contributed by atoms with Gasteiger partial charge in [0.1, 0.15) is 0 Å².